The largest absolute Gasteiger partial charge is 0.434 e. The van der Waals surface area contributed by atoms with Crippen LogP contribution in [0.5, 0.6) is 0 Å². The van der Waals surface area contributed by atoms with Crippen LogP contribution in [0.15, 0.2) is 36.7 Å². The molecule has 0 atom stereocenters. The lowest BCUT2D eigenvalue weighted by atomic mass is 10.1. The van der Waals surface area contributed by atoms with E-state index in [0.717, 1.165) is 34.9 Å². The van der Waals surface area contributed by atoms with Gasteiger partial charge < -0.3 is 10.1 Å². The minimum atomic E-state index is -4.66. The number of hydrogen-bond acceptors (Lipinski definition) is 3. The molecule has 4 nitrogen and oxygen atoms in total. The first-order valence-corrected chi connectivity index (χ1v) is 6.93. The highest BCUT2D eigenvalue weighted by molar-refractivity contribution is 5.74. The summed E-state index contributed by atoms with van der Waals surface area (Å²) in [5.74, 6) is 0. The number of rotatable bonds is 2. The maximum atomic E-state index is 12.9. The summed E-state index contributed by atoms with van der Waals surface area (Å²) >= 11 is 0. The second-order valence-corrected chi connectivity index (χ2v) is 5.21. The summed E-state index contributed by atoms with van der Waals surface area (Å²) in [4.78, 5) is 7.64. The third kappa shape index (κ3) is 3.29. The van der Waals surface area contributed by atoms with Gasteiger partial charge in [-0.15, -0.1) is 0 Å². The van der Waals surface area contributed by atoms with Crippen molar-refractivity contribution in [1.29, 1.82) is 0 Å². The lowest BCUT2D eigenvalue weighted by Gasteiger charge is -2.09. The van der Waals surface area contributed by atoms with Crippen LogP contribution in [0.1, 0.15) is 17.0 Å². The van der Waals surface area contributed by atoms with Crippen LogP contribution in [0, 0.1) is 0 Å². The number of halogens is 6. The lowest BCUT2D eigenvalue weighted by Crippen LogP contribution is -2.05. The van der Waals surface area contributed by atoms with Crippen molar-refractivity contribution in [3.05, 3.63) is 53.6 Å². The van der Waals surface area contributed by atoms with E-state index in [1.807, 2.05) is 0 Å². The number of aromatic nitrogens is 3. The zero-order chi connectivity index (χ0) is 18.4. The summed E-state index contributed by atoms with van der Waals surface area (Å²) < 4.78 is 77.7. The van der Waals surface area contributed by atoms with Gasteiger partial charge in [0, 0.05) is 24.5 Å². The number of nitrogens with two attached hydrogens (primary N) is 1. The molecule has 2 heterocycles. The number of hydrogen-bond donors (Lipinski definition) is 1. The molecular formula is C15H10F6N4. The van der Waals surface area contributed by atoms with Gasteiger partial charge in [-0.05, 0) is 12.1 Å². The van der Waals surface area contributed by atoms with E-state index in [1.54, 1.807) is 0 Å². The van der Waals surface area contributed by atoms with Gasteiger partial charge in [-0.3, -0.25) is 0 Å². The Labute approximate surface area is 136 Å². The van der Waals surface area contributed by atoms with Crippen molar-refractivity contribution in [3.63, 3.8) is 0 Å². The Bertz CT molecular complexity index is 909. The molecule has 2 N–H and O–H groups in total. The molecule has 1 aromatic carbocycles. The van der Waals surface area contributed by atoms with E-state index >= 15 is 0 Å². The number of fused-ring (bicyclic) bond motifs is 1. The smallest absolute Gasteiger partial charge is 0.325 e. The molecule has 0 amide bonds. The average Bonchev–Trinajstić information content (AvgIpc) is 2.97. The summed E-state index contributed by atoms with van der Waals surface area (Å²) in [6, 6.07) is 3.92. The van der Waals surface area contributed by atoms with Gasteiger partial charge in [0.05, 0.1) is 11.3 Å². The van der Waals surface area contributed by atoms with Gasteiger partial charge in [0.15, 0.2) is 11.3 Å². The van der Waals surface area contributed by atoms with Crippen LogP contribution in [0.3, 0.4) is 0 Å². The summed E-state index contributed by atoms with van der Waals surface area (Å²) in [5.41, 5.74) is 3.87. The first-order chi connectivity index (χ1) is 11.6. The maximum absolute atomic E-state index is 12.9. The first-order valence-electron chi connectivity index (χ1n) is 6.93. The van der Waals surface area contributed by atoms with Crippen molar-refractivity contribution in [1.82, 2.24) is 14.4 Å². The number of alkyl halides is 6. The molecule has 0 radical (unpaired) electrons. The zero-order valence-electron chi connectivity index (χ0n) is 12.4. The minimum absolute atomic E-state index is 0.0205. The third-order valence-corrected chi connectivity index (χ3v) is 3.47. The van der Waals surface area contributed by atoms with E-state index in [2.05, 4.69) is 9.97 Å². The highest BCUT2D eigenvalue weighted by Crippen LogP contribution is 2.33. The predicted octanol–water partition coefficient (Wildman–Crippen LogP) is 3.89. The van der Waals surface area contributed by atoms with Crippen molar-refractivity contribution in [3.8, 4) is 11.3 Å². The van der Waals surface area contributed by atoms with Gasteiger partial charge in [-0.1, -0.05) is 12.1 Å². The monoisotopic (exact) mass is 360 g/mol. The van der Waals surface area contributed by atoms with Crippen molar-refractivity contribution in [2.45, 2.75) is 18.9 Å². The highest BCUT2D eigenvalue weighted by Gasteiger charge is 2.34. The number of nitrogens with zero attached hydrogens (tertiary/aromatic N) is 3. The molecule has 0 fully saturated rings. The van der Waals surface area contributed by atoms with Crippen LogP contribution in [-0.2, 0) is 18.9 Å². The number of imidazole rings is 1. The Morgan fingerprint density at radius 1 is 0.880 bits per heavy atom. The Morgan fingerprint density at radius 2 is 1.52 bits per heavy atom. The van der Waals surface area contributed by atoms with Crippen LogP contribution >= 0.6 is 0 Å². The molecule has 0 saturated carbocycles. The molecule has 0 saturated heterocycles. The molecule has 25 heavy (non-hydrogen) atoms. The fourth-order valence-electron chi connectivity index (χ4n) is 2.30. The molecule has 0 spiro atoms. The Hall–Kier alpha value is -2.62. The molecule has 3 rings (SSSR count). The molecule has 3 aromatic rings. The quantitative estimate of drug-likeness (QED) is 0.706. The van der Waals surface area contributed by atoms with E-state index in [9.17, 15) is 26.3 Å². The van der Waals surface area contributed by atoms with E-state index in [4.69, 9.17) is 5.73 Å². The zero-order valence-corrected chi connectivity index (χ0v) is 12.4. The molecule has 132 valence electrons. The van der Waals surface area contributed by atoms with Gasteiger partial charge in [-0.25, -0.2) is 9.97 Å². The standard InChI is InChI=1S/C15H10F6N4/c16-14(17,18)9-3-1-8(2-4-9)12-13-24-11(15(19,20)21)7-25(13)6-10(5-22)23-12/h1-4,6-7H,5,22H2. The average molecular weight is 360 g/mol. The number of benzene rings is 1. The fraction of sp³-hybridized carbons (Fsp3) is 0.200. The predicted molar refractivity (Wildman–Crippen MR) is 76.3 cm³/mol. The van der Waals surface area contributed by atoms with Crippen molar-refractivity contribution < 1.29 is 26.3 Å². The van der Waals surface area contributed by atoms with Crippen molar-refractivity contribution >= 4 is 5.65 Å². The second kappa shape index (κ2) is 5.73. The van der Waals surface area contributed by atoms with Gasteiger partial charge in [0.2, 0.25) is 0 Å². The van der Waals surface area contributed by atoms with Gasteiger partial charge in [-0.2, -0.15) is 26.3 Å². The second-order valence-electron chi connectivity index (χ2n) is 5.21. The topological polar surface area (TPSA) is 56.2 Å². The first kappa shape index (κ1) is 17.2. The summed E-state index contributed by atoms with van der Waals surface area (Å²) in [6.45, 7) is -0.0525. The normalized spacial score (nSPS) is 12.8. The molecule has 0 aliphatic heterocycles. The van der Waals surface area contributed by atoms with Crippen LogP contribution in [0.4, 0.5) is 26.3 Å². The van der Waals surface area contributed by atoms with Crippen molar-refractivity contribution in [2.24, 2.45) is 5.73 Å². The van der Waals surface area contributed by atoms with E-state index in [0.29, 0.717) is 0 Å². The Kier molecular flexibility index (Phi) is 3.94. The van der Waals surface area contributed by atoms with E-state index < -0.39 is 23.6 Å². The molecular weight excluding hydrogens is 350 g/mol. The van der Waals surface area contributed by atoms with Crippen LogP contribution in [0.25, 0.3) is 16.9 Å². The maximum Gasteiger partial charge on any atom is 0.434 e. The fourth-order valence-corrected chi connectivity index (χ4v) is 2.30. The Balaban J connectivity index is 2.18. The molecule has 0 bridgehead atoms. The molecule has 0 aliphatic carbocycles. The summed E-state index contributed by atoms with van der Waals surface area (Å²) in [7, 11) is 0. The molecule has 0 aliphatic rings. The molecule has 2 aromatic heterocycles. The summed E-state index contributed by atoms with van der Waals surface area (Å²) in [6.07, 6.45) is -7.10. The minimum Gasteiger partial charge on any atom is -0.325 e. The van der Waals surface area contributed by atoms with Crippen LogP contribution in [0.2, 0.25) is 0 Å². The van der Waals surface area contributed by atoms with Gasteiger partial charge in [0.25, 0.3) is 0 Å². The molecule has 0 unspecified atom stereocenters. The van der Waals surface area contributed by atoms with E-state index in [1.165, 1.54) is 6.20 Å². The Morgan fingerprint density at radius 3 is 2.04 bits per heavy atom. The lowest BCUT2D eigenvalue weighted by molar-refractivity contribution is -0.141. The third-order valence-electron chi connectivity index (χ3n) is 3.47. The van der Waals surface area contributed by atoms with Crippen molar-refractivity contribution in [2.75, 3.05) is 0 Å². The molecule has 10 heteroatoms. The van der Waals surface area contributed by atoms with Crippen LogP contribution < -0.4 is 5.73 Å². The SMILES string of the molecule is NCc1cn2cc(C(F)(F)F)nc2c(-c2ccc(C(F)(F)F)cc2)n1. The van der Waals surface area contributed by atoms with Gasteiger partial charge >= 0.3 is 12.4 Å². The van der Waals surface area contributed by atoms with Gasteiger partial charge in [0.1, 0.15) is 5.69 Å². The van der Waals surface area contributed by atoms with E-state index in [-0.39, 0.29) is 29.1 Å². The van der Waals surface area contributed by atoms with Crippen LogP contribution in [-0.4, -0.2) is 14.4 Å². The highest BCUT2D eigenvalue weighted by atomic mass is 19.4. The summed E-state index contributed by atoms with van der Waals surface area (Å²) in [5, 5.41) is 0.